The molecule has 1 atom stereocenters. The van der Waals surface area contributed by atoms with E-state index in [4.69, 9.17) is 4.74 Å². The Hall–Kier alpha value is -1.19. The standard InChI is InChI=1S/C16H21NO2/c1-10(18)11-5-6-13-12(7-11)14(15(2,3)4)19-16(13)8-17-9-16/h5-7,14,17H,8-9H2,1-4H3. The number of rotatable bonds is 1. The van der Waals surface area contributed by atoms with Crippen molar-refractivity contribution in [3.05, 3.63) is 34.9 Å². The molecule has 0 radical (unpaired) electrons. The lowest BCUT2D eigenvalue weighted by Gasteiger charge is -2.41. The third-order valence-corrected chi connectivity index (χ3v) is 4.18. The maximum atomic E-state index is 11.6. The van der Waals surface area contributed by atoms with E-state index in [2.05, 4.69) is 32.2 Å². The normalized spacial score (nSPS) is 24.1. The Morgan fingerprint density at radius 2 is 2.05 bits per heavy atom. The molecule has 1 fully saturated rings. The van der Waals surface area contributed by atoms with Crippen molar-refractivity contribution in [2.24, 2.45) is 5.41 Å². The number of hydrogen-bond donors (Lipinski definition) is 1. The van der Waals surface area contributed by atoms with Crippen LogP contribution in [0.5, 0.6) is 0 Å². The first-order chi connectivity index (χ1) is 8.83. The van der Waals surface area contributed by atoms with Crippen molar-refractivity contribution < 1.29 is 9.53 Å². The molecule has 0 aromatic heterocycles. The Kier molecular flexibility index (Phi) is 2.63. The molecule has 102 valence electrons. The summed E-state index contributed by atoms with van der Waals surface area (Å²) in [7, 11) is 0. The van der Waals surface area contributed by atoms with E-state index in [0.29, 0.717) is 0 Å². The SMILES string of the molecule is CC(=O)c1ccc2c(c1)C(C(C)(C)C)OC21CNC1. The number of ketones is 1. The number of benzene rings is 1. The average molecular weight is 259 g/mol. The zero-order valence-electron chi connectivity index (χ0n) is 12.0. The number of fused-ring (bicyclic) bond motifs is 2. The summed E-state index contributed by atoms with van der Waals surface area (Å²) in [6.45, 7) is 9.91. The van der Waals surface area contributed by atoms with Crippen molar-refractivity contribution >= 4 is 5.78 Å². The molecule has 0 bridgehead atoms. The zero-order valence-corrected chi connectivity index (χ0v) is 12.0. The molecule has 1 aromatic rings. The summed E-state index contributed by atoms with van der Waals surface area (Å²) in [5, 5.41) is 3.30. The van der Waals surface area contributed by atoms with E-state index in [1.54, 1.807) is 6.92 Å². The van der Waals surface area contributed by atoms with Gasteiger partial charge in [0.05, 0.1) is 6.10 Å². The predicted molar refractivity (Wildman–Crippen MR) is 74.3 cm³/mol. The van der Waals surface area contributed by atoms with Crippen molar-refractivity contribution in [2.45, 2.75) is 39.4 Å². The summed E-state index contributed by atoms with van der Waals surface area (Å²) in [6.07, 6.45) is 0.0592. The Labute approximate surface area is 114 Å². The van der Waals surface area contributed by atoms with Crippen LogP contribution >= 0.6 is 0 Å². The van der Waals surface area contributed by atoms with Gasteiger partial charge in [-0.15, -0.1) is 0 Å². The number of carbonyl (C=O) groups is 1. The molecule has 2 heterocycles. The van der Waals surface area contributed by atoms with Gasteiger partial charge in [0.2, 0.25) is 0 Å². The van der Waals surface area contributed by atoms with Crippen LogP contribution in [0.25, 0.3) is 0 Å². The molecule has 3 nitrogen and oxygen atoms in total. The Morgan fingerprint density at radius 1 is 1.37 bits per heavy atom. The van der Waals surface area contributed by atoms with Gasteiger partial charge in [0.15, 0.2) is 5.78 Å². The van der Waals surface area contributed by atoms with Crippen molar-refractivity contribution in [3.63, 3.8) is 0 Å². The molecule has 19 heavy (non-hydrogen) atoms. The molecular weight excluding hydrogens is 238 g/mol. The zero-order chi connectivity index (χ0) is 13.8. The van der Waals surface area contributed by atoms with Crippen molar-refractivity contribution in [3.8, 4) is 0 Å². The van der Waals surface area contributed by atoms with Crippen LogP contribution in [0.2, 0.25) is 0 Å². The van der Waals surface area contributed by atoms with Gasteiger partial charge < -0.3 is 10.1 Å². The Morgan fingerprint density at radius 3 is 2.53 bits per heavy atom. The second-order valence-corrected chi connectivity index (χ2v) is 6.82. The molecule has 1 aromatic carbocycles. The fraction of sp³-hybridized carbons (Fsp3) is 0.562. The summed E-state index contributed by atoms with van der Waals surface area (Å²) >= 11 is 0. The molecule has 1 spiro atoms. The summed E-state index contributed by atoms with van der Waals surface area (Å²) in [5.41, 5.74) is 3.10. The van der Waals surface area contributed by atoms with Gasteiger partial charge in [0.25, 0.3) is 0 Å². The van der Waals surface area contributed by atoms with Gasteiger partial charge in [0, 0.05) is 18.7 Å². The number of ether oxygens (including phenoxy) is 1. The predicted octanol–water partition coefficient (Wildman–Crippen LogP) is 2.81. The summed E-state index contributed by atoms with van der Waals surface area (Å²) in [6, 6.07) is 6.04. The maximum Gasteiger partial charge on any atom is 0.159 e. The van der Waals surface area contributed by atoms with Gasteiger partial charge >= 0.3 is 0 Å². The quantitative estimate of drug-likeness (QED) is 0.788. The van der Waals surface area contributed by atoms with Gasteiger partial charge in [-0.05, 0) is 29.5 Å². The number of Topliss-reactive ketones (excluding diaryl/α,β-unsaturated/α-hetero) is 1. The Bertz CT molecular complexity index is 538. The van der Waals surface area contributed by atoms with Crippen LogP contribution in [-0.2, 0) is 10.3 Å². The molecule has 0 saturated carbocycles. The minimum Gasteiger partial charge on any atom is -0.359 e. The molecule has 3 rings (SSSR count). The first-order valence-corrected chi connectivity index (χ1v) is 6.87. The second kappa shape index (κ2) is 3.90. The van der Waals surface area contributed by atoms with Crippen molar-refractivity contribution in [1.82, 2.24) is 5.32 Å². The molecule has 0 aliphatic carbocycles. The van der Waals surface area contributed by atoms with E-state index in [1.165, 1.54) is 11.1 Å². The third-order valence-electron chi connectivity index (χ3n) is 4.18. The number of hydrogen-bond acceptors (Lipinski definition) is 3. The van der Waals surface area contributed by atoms with Gasteiger partial charge in [0.1, 0.15) is 5.60 Å². The number of nitrogens with one attached hydrogen (secondary N) is 1. The summed E-state index contributed by atoms with van der Waals surface area (Å²) in [5.74, 6) is 0.114. The number of carbonyl (C=O) groups excluding carboxylic acids is 1. The largest absolute Gasteiger partial charge is 0.359 e. The molecule has 3 heteroatoms. The fourth-order valence-corrected chi connectivity index (χ4v) is 3.04. The third kappa shape index (κ3) is 1.84. The fourth-order valence-electron chi connectivity index (χ4n) is 3.04. The van der Waals surface area contributed by atoms with Crippen molar-refractivity contribution in [1.29, 1.82) is 0 Å². The highest BCUT2D eigenvalue weighted by molar-refractivity contribution is 5.94. The van der Waals surface area contributed by atoms with Crippen LogP contribution in [0, 0.1) is 5.41 Å². The van der Waals surface area contributed by atoms with E-state index in [-0.39, 0.29) is 22.9 Å². The van der Waals surface area contributed by atoms with E-state index in [0.717, 1.165) is 18.7 Å². The summed E-state index contributed by atoms with van der Waals surface area (Å²) < 4.78 is 6.38. The highest BCUT2D eigenvalue weighted by Crippen LogP contribution is 2.52. The van der Waals surface area contributed by atoms with Gasteiger partial charge in [-0.2, -0.15) is 0 Å². The minimum absolute atomic E-state index is 0.0310. The first-order valence-electron chi connectivity index (χ1n) is 6.87. The molecule has 2 aliphatic heterocycles. The first kappa shape index (κ1) is 12.8. The summed E-state index contributed by atoms with van der Waals surface area (Å²) in [4.78, 5) is 11.6. The molecule has 0 amide bonds. The van der Waals surface area contributed by atoms with Gasteiger partial charge in [-0.25, -0.2) is 0 Å². The van der Waals surface area contributed by atoms with E-state index >= 15 is 0 Å². The monoisotopic (exact) mass is 259 g/mol. The molecule has 1 saturated heterocycles. The van der Waals surface area contributed by atoms with Crippen LogP contribution in [0.15, 0.2) is 18.2 Å². The van der Waals surface area contributed by atoms with Crippen LogP contribution < -0.4 is 5.32 Å². The molecule has 1 N–H and O–H groups in total. The minimum atomic E-state index is -0.164. The van der Waals surface area contributed by atoms with Crippen LogP contribution in [0.4, 0.5) is 0 Å². The topological polar surface area (TPSA) is 38.3 Å². The van der Waals surface area contributed by atoms with Crippen LogP contribution in [0.1, 0.15) is 55.3 Å². The lowest BCUT2D eigenvalue weighted by molar-refractivity contribution is -0.140. The second-order valence-electron chi connectivity index (χ2n) is 6.82. The smallest absolute Gasteiger partial charge is 0.159 e. The molecule has 1 unspecified atom stereocenters. The van der Waals surface area contributed by atoms with Crippen LogP contribution in [0.3, 0.4) is 0 Å². The van der Waals surface area contributed by atoms with Gasteiger partial charge in [-0.3, -0.25) is 4.79 Å². The van der Waals surface area contributed by atoms with Gasteiger partial charge in [-0.1, -0.05) is 32.9 Å². The average Bonchev–Trinajstić information content (AvgIpc) is 2.62. The van der Waals surface area contributed by atoms with E-state index in [9.17, 15) is 4.79 Å². The highest BCUT2D eigenvalue weighted by atomic mass is 16.5. The van der Waals surface area contributed by atoms with Crippen LogP contribution in [-0.4, -0.2) is 18.9 Å². The lowest BCUT2D eigenvalue weighted by atomic mass is 9.81. The molecular formula is C16H21NO2. The van der Waals surface area contributed by atoms with E-state index in [1.807, 2.05) is 12.1 Å². The Balaban J connectivity index is 2.12. The van der Waals surface area contributed by atoms with E-state index < -0.39 is 0 Å². The van der Waals surface area contributed by atoms with Crippen molar-refractivity contribution in [2.75, 3.05) is 13.1 Å². The molecule has 2 aliphatic rings. The lowest BCUT2D eigenvalue weighted by Crippen LogP contribution is -2.57. The highest BCUT2D eigenvalue weighted by Gasteiger charge is 2.51. The maximum absolute atomic E-state index is 11.6.